The van der Waals surface area contributed by atoms with Gasteiger partial charge in [0.15, 0.2) is 0 Å². The van der Waals surface area contributed by atoms with Crippen molar-refractivity contribution in [2.24, 2.45) is 0 Å². The second kappa shape index (κ2) is 7.91. The van der Waals surface area contributed by atoms with Crippen molar-refractivity contribution in [2.45, 2.75) is 11.4 Å². The van der Waals surface area contributed by atoms with E-state index in [-0.39, 0.29) is 22.8 Å². The van der Waals surface area contributed by atoms with E-state index in [1.807, 2.05) is 0 Å². The number of sulfonamides is 1. The summed E-state index contributed by atoms with van der Waals surface area (Å²) in [7, 11) is -3.61. The molecule has 0 unspecified atom stereocenters. The Hall–Kier alpha value is -2.69. The number of carbonyl (C=O) groups excluding carboxylic acids is 1. The summed E-state index contributed by atoms with van der Waals surface area (Å²) in [5.74, 6) is -1.53. The molecule has 3 rings (SSSR count). The first-order valence-corrected chi connectivity index (χ1v) is 9.60. The molecule has 1 aromatic carbocycles. The lowest BCUT2D eigenvalue weighted by atomic mass is 10.2. The molecule has 2 aromatic rings. The Bertz CT molecular complexity index is 928. The molecule has 9 nitrogen and oxygen atoms in total. The summed E-state index contributed by atoms with van der Waals surface area (Å²) in [5, 5.41) is 11.4. The Morgan fingerprint density at radius 2 is 1.74 bits per heavy atom. The minimum atomic E-state index is -3.61. The first-order valence-electron chi connectivity index (χ1n) is 8.16. The third kappa shape index (κ3) is 4.35. The summed E-state index contributed by atoms with van der Waals surface area (Å²) in [6, 6.07) is 8.38. The minimum absolute atomic E-state index is 0.0138. The number of furan rings is 1. The van der Waals surface area contributed by atoms with Crippen molar-refractivity contribution >= 4 is 21.9 Å². The average Bonchev–Trinajstić information content (AvgIpc) is 3.16. The number of carboxylic acid groups (broad SMARTS) is 1. The fraction of sp³-hybridized carbons (Fsp3) is 0.294. The number of ether oxygens (including phenoxy) is 1. The Balaban J connectivity index is 1.63. The third-order valence-electron chi connectivity index (χ3n) is 4.02. The van der Waals surface area contributed by atoms with Crippen molar-refractivity contribution in [2.75, 3.05) is 26.3 Å². The highest BCUT2D eigenvalue weighted by atomic mass is 32.2. The van der Waals surface area contributed by atoms with Crippen molar-refractivity contribution in [1.29, 1.82) is 0 Å². The van der Waals surface area contributed by atoms with E-state index in [0.717, 1.165) is 0 Å². The van der Waals surface area contributed by atoms with Gasteiger partial charge in [-0.05, 0) is 36.4 Å². The molecular formula is C17H18N2O7S. The van der Waals surface area contributed by atoms with Crippen LogP contribution in [0.5, 0.6) is 0 Å². The molecule has 2 heterocycles. The van der Waals surface area contributed by atoms with Gasteiger partial charge in [0.2, 0.25) is 15.8 Å². The predicted octanol–water partition coefficient (Wildman–Crippen LogP) is 0.929. The second-order valence-electron chi connectivity index (χ2n) is 5.79. The van der Waals surface area contributed by atoms with E-state index >= 15 is 0 Å². The zero-order chi connectivity index (χ0) is 19.4. The van der Waals surface area contributed by atoms with Gasteiger partial charge in [0, 0.05) is 18.7 Å². The fourth-order valence-corrected chi connectivity index (χ4v) is 3.98. The van der Waals surface area contributed by atoms with E-state index in [1.165, 1.54) is 40.7 Å². The molecule has 0 bridgehead atoms. The molecule has 1 saturated heterocycles. The summed E-state index contributed by atoms with van der Waals surface area (Å²) in [6.07, 6.45) is 0. The van der Waals surface area contributed by atoms with E-state index < -0.39 is 21.9 Å². The molecule has 0 saturated carbocycles. The SMILES string of the molecule is O=C(NCc1ccc(C(=O)O)o1)c1ccc(S(=O)(=O)N2CCOCC2)cc1. The van der Waals surface area contributed by atoms with Gasteiger partial charge in [-0.2, -0.15) is 4.31 Å². The second-order valence-corrected chi connectivity index (χ2v) is 7.73. The normalized spacial score (nSPS) is 15.4. The zero-order valence-electron chi connectivity index (χ0n) is 14.3. The molecule has 27 heavy (non-hydrogen) atoms. The van der Waals surface area contributed by atoms with Crippen LogP contribution in [0.1, 0.15) is 26.7 Å². The largest absolute Gasteiger partial charge is 0.475 e. The first kappa shape index (κ1) is 19.1. The van der Waals surface area contributed by atoms with Crippen LogP contribution in [0.15, 0.2) is 45.7 Å². The quantitative estimate of drug-likeness (QED) is 0.746. The van der Waals surface area contributed by atoms with Crippen LogP contribution in [0.2, 0.25) is 0 Å². The smallest absolute Gasteiger partial charge is 0.371 e. The van der Waals surface area contributed by atoms with Crippen molar-refractivity contribution in [3.63, 3.8) is 0 Å². The standard InChI is InChI=1S/C17H18N2O7S/c20-16(18-11-13-3-6-15(26-13)17(21)22)12-1-4-14(5-2-12)27(23,24)19-7-9-25-10-8-19/h1-6H,7-11H2,(H,18,20)(H,21,22). The van der Waals surface area contributed by atoms with Crippen molar-refractivity contribution < 1.29 is 32.3 Å². The molecule has 0 spiro atoms. The topological polar surface area (TPSA) is 126 Å². The molecule has 10 heteroatoms. The number of nitrogens with zero attached hydrogens (tertiary/aromatic N) is 1. The van der Waals surface area contributed by atoms with Crippen LogP contribution < -0.4 is 5.32 Å². The van der Waals surface area contributed by atoms with Gasteiger partial charge in [-0.25, -0.2) is 13.2 Å². The molecule has 1 fully saturated rings. The number of hydrogen-bond acceptors (Lipinski definition) is 6. The van der Waals surface area contributed by atoms with Gasteiger partial charge >= 0.3 is 5.97 Å². The summed E-state index contributed by atoms with van der Waals surface area (Å²) < 4.78 is 36.7. The Kier molecular flexibility index (Phi) is 5.59. The number of nitrogens with one attached hydrogen (secondary N) is 1. The highest BCUT2D eigenvalue weighted by molar-refractivity contribution is 7.89. The number of morpholine rings is 1. The summed E-state index contributed by atoms with van der Waals surface area (Å²) >= 11 is 0. The lowest BCUT2D eigenvalue weighted by Gasteiger charge is -2.26. The lowest BCUT2D eigenvalue weighted by molar-refractivity contribution is 0.0660. The van der Waals surface area contributed by atoms with Gasteiger partial charge in [-0.3, -0.25) is 4.79 Å². The van der Waals surface area contributed by atoms with Crippen LogP contribution in [0.3, 0.4) is 0 Å². The van der Waals surface area contributed by atoms with Crippen LogP contribution >= 0.6 is 0 Å². The van der Waals surface area contributed by atoms with Crippen molar-refractivity contribution in [3.05, 3.63) is 53.5 Å². The highest BCUT2D eigenvalue weighted by Gasteiger charge is 2.26. The number of aromatic carboxylic acids is 1. The zero-order valence-corrected chi connectivity index (χ0v) is 15.1. The van der Waals surface area contributed by atoms with E-state index in [2.05, 4.69) is 5.32 Å². The molecule has 0 aliphatic carbocycles. The van der Waals surface area contributed by atoms with E-state index in [0.29, 0.717) is 32.1 Å². The van der Waals surface area contributed by atoms with Crippen LogP contribution in [-0.4, -0.2) is 56.0 Å². The number of carboxylic acids is 1. The molecule has 1 aliphatic rings. The number of carbonyl (C=O) groups is 2. The molecule has 1 amide bonds. The molecule has 1 aromatic heterocycles. The summed E-state index contributed by atoms with van der Waals surface area (Å²) in [5.41, 5.74) is 0.279. The average molecular weight is 394 g/mol. The summed E-state index contributed by atoms with van der Waals surface area (Å²) in [6.45, 7) is 1.32. The van der Waals surface area contributed by atoms with Gasteiger partial charge in [0.1, 0.15) is 5.76 Å². The van der Waals surface area contributed by atoms with E-state index in [9.17, 15) is 18.0 Å². The van der Waals surface area contributed by atoms with Gasteiger partial charge < -0.3 is 19.6 Å². The molecule has 1 aliphatic heterocycles. The Morgan fingerprint density at radius 3 is 2.33 bits per heavy atom. The molecule has 0 radical (unpaired) electrons. The van der Waals surface area contributed by atoms with E-state index in [1.54, 1.807) is 0 Å². The predicted molar refractivity (Wildman–Crippen MR) is 92.9 cm³/mol. The summed E-state index contributed by atoms with van der Waals surface area (Å²) in [4.78, 5) is 23.0. The van der Waals surface area contributed by atoms with Crippen LogP contribution in [0.25, 0.3) is 0 Å². The van der Waals surface area contributed by atoms with Crippen LogP contribution in [-0.2, 0) is 21.3 Å². The van der Waals surface area contributed by atoms with Gasteiger partial charge in [0.25, 0.3) is 5.91 Å². The molecule has 0 atom stereocenters. The number of benzene rings is 1. The Morgan fingerprint density at radius 1 is 1.07 bits per heavy atom. The van der Waals surface area contributed by atoms with E-state index in [4.69, 9.17) is 14.3 Å². The number of rotatable bonds is 6. The maximum atomic E-state index is 12.5. The number of hydrogen-bond donors (Lipinski definition) is 2. The first-order chi connectivity index (χ1) is 12.9. The molecule has 144 valence electrons. The molecular weight excluding hydrogens is 376 g/mol. The molecule has 2 N–H and O–H groups in total. The Labute approximate surface area is 155 Å². The van der Waals surface area contributed by atoms with Crippen LogP contribution in [0.4, 0.5) is 0 Å². The monoisotopic (exact) mass is 394 g/mol. The lowest BCUT2D eigenvalue weighted by Crippen LogP contribution is -2.40. The number of amides is 1. The van der Waals surface area contributed by atoms with Gasteiger partial charge in [-0.15, -0.1) is 0 Å². The highest BCUT2D eigenvalue weighted by Crippen LogP contribution is 2.18. The van der Waals surface area contributed by atoms with Crippen LogP contribution in [0, 0.1) is 0 Å². The maximum Gasteiger partial charge on any atom is 0.371 e. The minimum Gasteiger partial charge on any atom is -0.475 e. The van der Waals surface area contributed by atoms with Crippen molar-refractivity contribution in [1.82, 2.24) is 9.62 Å². The van der Waals surface area contributed by atoms with Crippen molar-refractivity contribution in [3.8, 4) is 0 Å². The van der Waals surface area contributed by atoms with Gasteiger partial charge in [-0.1, -0.05) is 0 Å². The van der Waals surface area contributed by atoms with Gasteiger partial charge in [0.05, 0.1) is 24.7 Å². The third-order valence-corrected chi connectivity index (χ3v) is 5.93. The fourth-order valence-electron chi connectivity index (χ4n) is 2.57. The maximum absolute atomic E-state index is 12.5.